The number of carboxylic acid groups (broad SMARTS) is 1. The second-order valence-electron chi connectivity index (χ2n) is 7.16. The summed E-state index contributed by atoms with van der Waals surface area (Å²) in [6.07, 6.45) is 1.15. The van der Waals surface area contributed by atoms with E-state index in [1.165, 1.54) is 4.90 Å². The second kappa shape index (κ2) is 7.64. The van der Waals surface area contributed by atoms with E-state index in [9.17, 15) is 14.7 Å². The molecule has 6 heteroatoms. The van der Waals surface area contributed by atoms with Gasteiger partial charge in [0.15, 0.2) is 0 Å². The van der Waals surface area contributed by atoms with E-state index in [0.29, 0.717) is 19.4 Å². The van der Waals surface area contributed by atoms with E-state index >= 15 is 0 Å². The Morgan fingerprint density at radius 2 is 1.67 bits per heavy atom. The molecular formula is C15H30N2O4. The van der Waals surface area contributed by atoms with Gasteiger partial charge in [0.05, 0.1) is 0 Å². The number of hydrogen-bond acceptors (Lipinski definition) is 4. The van der Waals surface area contributed by atoms with Gasteiger partial charge in [-0.15, -0.1) is 0 Å². The van der Waals surface area contributed by atoms with Crippen LogP contribution in [-0.2, 0) is 9.53 Å². The molecule has 0 aliphatic carbocycles. The van der Waals surface area contributed by atoms with Crippen molar-refractivity contribution in [3.05, 3.63) is 0 Å². The molecule has 0 aromatic carbocycles. The lowest BCUT2D eigenvalue weighted by atomic mass is 10.00. The molecule has 6 nitrogen and oxygen atoms in total. The molecule has 0 aromatic rings. The Bertz CT molecular complexity index is 356. The SMILES string of the molecule is CC(C)(C)OC(=O)N([C@H](CCCCN)C(=O)O)C(C)(C)C. The van der Waals surface area contributed by atoms with Gasteiger partial charge in [-0.25, -0.2) is 9.59 Å². The highest BCUT2D eigenvalue weighted by molar-refractivity contribution is 5.80. The summed E-state index contributed by atoms with van der Waals surface area (Å²) in [6.45, 7) is 11.2. The third kappa shape index (κ3) is 7.32. The van der Waals surface area contributed by atoms with Crippen LogP contribution in [0.25, 0.3) is 0 Å². The van der Waals surface area contributed by atoms with Crippen LogP contribution in [0.2, 0.25) is 0 Å². The van der Waals surface area contributed by atoms with Crippen molar-refractivity contribution in [2.24, 2.45) is 5.73 Å². The molecule has 0 saturated heterocycles. The van der Waals surface area contributed by atoms with Crippen LogP contribution in [0.5, 0.6) is 0 Å². The summed E-state index contributed by atoms with van der Waals surface area (Å²) in [7, 11) is 0. The van der Waals surface area contributed by atoms with Crippen molar-refractivity contribution in [1.29, 1.82) is 0 Å². The first kappa shape index (κ1) is 19.7. The molecule has 1 atom stereocenters. The fourth-order valence-corrected chi connectivity index (χ4v) is 2.02. The van der Waals surface area contributed by atoms with E-state index in [1.54, 1.807) is 41.5 Å². The molecule has 1 amide bonds. The fourth-order valence-electron chi connectivity index (χ4n) is 2.02. The molecule has 0 unspecified atom stereocenters. The first-order valence-corrected chi connectivity index (χ1v) is 7.35. The van der Waals surface area contributed by atoms with Gasteiger partial charge >= 0.3 is 12.1 Å². The second-order valence-corrected chi connectivity index (χ2v) is 7.16. The van der Waals surface area contributed by atoms with Crippen molar-refractivity contribution in [1.82, 2.24) is 4.90 Å². The zero-order valence-corrected chi connectivity index (χ0v) is 14.1. The number of hydrogen-bond donors (Lipinski definition) is 2. The molecule has 0 bridgehead atoms. The van der Waals surface area contributed by atoms with Crippen LogP contribution in [0.1, 0.15) is 60.8 Å². The van der Waals surface area contributed by atoms with Gasteiger partial charge in [0.25, 0.3) is 0 Å². The van der Waals surface area contributed by atoms with Gasteiger partial charge in [-0.05, 0) is 67.3 Å². The minimum Gasteiger partial charge on any atom is -0.480 e. The molecule has 0 saturated carbocycles. The van der Waals surface area contributed by atoms with Gasteiger partial charge in [-0.3, -0.25) is 4.90 Å². The summed E-state index contributed by atoms with van der Waals surface area (Å²) in [5.74, 6) is -1.02. The zero-order chi connectivity index (χ0) is 16.8. The Labute approximate surface area is 127 Å². The largest absolute Gasteiger partial charge is 0.480 e. The van der Waals surface area contributed by atoms with Crippen LogP contribution in [0.3, 0.4) is 0 Å². The van der Waals surface area contributed by atoms with Crippen LogP contribution >= 0.6 is 0 Å². The lowest BCUT2D eigenvalue weighted by Crippen LogP contribution is -2.55. The van der Waals surface area contributed by atoms with Crippen LogP contribution in [0.4, 0.5) is 4.79 Å². The van der Waals surface area contributed by atoms with Crippen LogP contribution in [0, 0.1) is 0 Å². The van der Waals surface area contributed by atoms with Crippen molar-refractivity contribution >= 4 is 12.1 Å². The van der Waals surface area contributed by atoms with Gasteiger partial charge in [0.1, 0.15) is 11.6 Å². The van der Waals surface area contributed by atoms with E-state index in [-0.39, 0.29) is 0 Å². The standard InChI is InChI=1S/C15H30N2O4/c1-14(2,3)17(13(20)21-15(4,5)6)11(12(18)19)9-7-8-10-16/h11H,7-10,16H2,1-6H3,(H,18,19)/t11-/m1/s1. The molecular weight excluding hydrogens is 272 g/mol. The number of amides is 1. The Morgan fingerprint density at radius 3 is 2.00 bits per heavy atom. The van der Waals surface area contributed by atoms with Gasteiger partial charge in [0, 0.05) is 5.54 Å². The first-order valence-electron chi connectivity index (χ1n) is 7.35. The smallest absolute Gasteiger partial charge is 0.411 e. The van der Waals surface area contributed by atoms with Gasteiger partial charge in [0.2, 0.25) is 0 Å². The van der Waals surface area contributed by atoms with Gasteiger partial charge in [-0.1, -0.05) is 0 Å². The summed E-state index contributed by atoms with van der Waals surface area (Å²) < 4.78 is 5.36. The third-order valence-electron chi connectivity index (χ3n) is 2.84. The maximum Gasteiger partial charge on any atom is 0.411 e. The molecule has 3 N–H and O–H groups in total. The number of nitrogens with two attached hydrogens (primary N) is 1. The van der Waals surface area contributed by atoms with Gasteiger partial charge < -0.3 is 15.6 Å². The normalized spacial score (nSPS) is 13.7. The van der Waals surface area contributed by atoms with Crippen molar-refractivity contribution in [3.63, 3.8) is 0 Å². The maximum absolute atomic E-state index is 12.4. The molecule has 0 radical (unpaired) electrons. The predicted molar refractivity (Wildman–Crippen MR) is 82.2 cm³/mol. The first-order chi connectivity index (χ1) is 9.40. The molecule has 0 rings (SSSR count). The molecule has 0 aliphatic heterocycles. The molecule has 0 aliphatic rings. The molecule has 0 aromatic heterocycles. The van der Waals surface area contributed by atoms with E-state index in [0.717, 1.165) is 6.42 Å². The summed E-state index contributed by atoms with van der Waals surface area (Å²) in [5.41, 5.74) is 4.13. The highest BCUT2D eigenvalue weighted by atomic mass is 16.6. The van der Waals surface area contributed by atoms with Crippen molar-refractivity contribution in [3.8, 4) is 0 Å². The molecule has 21 heavy (non-hydrogen) atoms. The summed E-state index contributed by atoms with van der Waals surface area (Å²) in [4.78, 5) is 25.3. The fraction of sp³-hybridized carbons (Fsp3) is 0.867. The van der Waals surface area contributed by atoms with E-state index < -0.39 is 29.2 Å². The van der Waals surface area contributed by atoms with Crippen LogP contribution in [0.15, 0.2) is 0 Å². The number of aliphatic carboxylic acids is 1. The van der Waals surface area contributed by atoms with Gasteiger partial charge in [-0.2, -0.15) is 0 Å². The number of rotatable bonds is 6. The van der Waals surface area contributed by atoms with E-state index in [1.807, 2.05) is 0 Å². The Morgan fingerprint density at radius 1 is 1.14 bits per heavy atom. The van der Waals surface area contributed by atoms with Crippen molar-refractivity contribution < 1.29 is 19.4 Å². The average molecular weight is 302 g/mol. The number of carbonyl (C=O) groups is 2. The zero-order valence-electron chi connectivity index (χ0n) is 14.1. The third-order valence-corrected chi connectivity index (χ3v) is 2.84. The maximum atomic E-state index is 12.4. The number of carbonyl (C=O) groups excluding carboxylic acids is 1. The quantitative estimate of drug-likeness (QED) is 0.736. The topological polar surface area (TPSA) is 92.9 Å². The Balaban J connectivity index is 5.25. The average Bonchev–Trinajstić information content (AvgIpc) is 2.23. The molecule has 0 heterocycles. The lowest BCUT2D eigenvalue weighted by Gasteiger charge is -2.40. The Hall–Kier alpha value is -1.30. The molecule has 0 spiro atoms. The molecule has 0 fully saturated rings. The van der Waals surface area contributed by atoms with E-state index in [2.05, 4.69) is 0 Å². The van der Waals surface area contributed by atoms with Crippen LogP contribution in [-0.4, -0.2) is 45.8 Å². The minimum atomic E-state index is -1.02. The molecule has 124 valence electrons. The highest BCUT2D eigenvalue weighted by Crippen LogP contribution is 2.24. The Kier molecular flexibility index (Phi) is 7.16. The summed E-state index contributed by atoms with van der Waals surface area (Å²) in [5, 5.41) is 9.47. The van der Waals surface area contributed by atoms with Crippen molar-refractivity contribution in [2.45, 2.75) is 78.0 Å². The number of ether oxygens (including phenoxy) is 1. The monoisotopic (exact) mass is 302 g/mol. The predicted octanol–water partition coefficient (Wildman–Crippen LogP) is 2.60. The number of unbranched alkanes of at least 4 members (excludes halogenated alkanes) is 1. The highest BCUT2D eigenvalue weighted by Gasteiger charge is 2.39. The summed E-state index contributed by atoms with van der Waals surface area (Å²) >= 11 is 0. The summed E-state index contributed by atoms with van der Waals surface area (Å²) in [6, 6.07) is -0.911. The number of nitrogens with zero attached hydrogens (tertiary/aromatic N) is 1. The van der Waals surface area contributed by atoms with E-state index in [4.69, 9.17) is 10.5 Å². The minimum absolute atomic E-state index is 0.364. The lowest BCUT2D eigenvalue weighted by molar-refractivity contribution is -0.145. The number of carboxylic acids is 1. The van der Waals surface area contributed by atoms with Crippen molar-refractivity contribution in [2.75, 3.05) is 6.54 Å². The van der Waals surface area contributed by atoms with Crippen LogP contribution < -0.4 is 5.73 Å².